The van der Waals surface area contributed by atoms with Crippen molar-refractivity contribution in [3.8, 4) is 5.75 Å². The van der Waals surface area contributed by atoms with Crippen molar-refractivity contribution in [2.45, 2.75) is 6.54 Å². The summed E-state index contributed by atoms with van der Waals surface area (Å²) in [5, 5.41) is 6.42. The minimum absolute atomic E-state index is 0.0382. The first kappa shape index (κ1) is 15.3. The zero-order chi connectivity index (χ0) is 16.4. The maximum Gasteiger partial charge on any atom is 0.268 e. The molecular weight excluding hydrogens is 316 g/mol. The Kier molecular flexibility index (Phi) is 4.16. The van der Waals surface area contributed by atoms with Gasteiger partial charge >= 0.3 is 0 Å². The number of hydrogen-bond acceptors (Lipinski definition) is 6. The first-order chi connectivity index (χ1) is 11.1. The van der Waals surface area contributed by atoms with Crippen molar-refractivity contribution in [3.05, 3.63) is 34.7 Å². The monoisotopic (exact) mass is 332 g/mol. The lowest BCUT2D eigenvalue weighted by Crippen LogP contribution is -2.31. The van der Waals surface area contributed by atoms with E-state index in [1.54, 1.807) is 14.2 Å². The number of nitrogens with one attached hydrogen (secondary N) is 2. The average molecular weight is 332 g/mol. The lowest BCUT2D eigenvalue weighted by molar-refractivity contribution is -0.116. The molecule has 0 saturated carbocycles. The molecule has 2 aromatic rings. The summed E-state index contributed by atoms with van der Waals surface area (Å²) in [5.74, 6) is 0.678. The molecule has 23 heavy (non-hydrogen) atoms. The van der Waals surface area contributed by atoms with Gasteiger partial charge in [-0.1, -0.05) is 23.5 Å². The highest BCUT2D eigenvalue weighted by Gasteiger charge is 2.27. The van der Waals surface area contributed by atoms with Gasteiger partial charge in [0.15, 0.2) is 10.9 Å². The minimum Gasteiger partial charge on any atom is -0.497 e. The van der Waals surface area contributed by atoms with E-state index in [0.29, 0.717) is 22.4 Å². The Labute approximate surface area is 137 Å². The van der Waals surface area contributed by atoms with E-state index in [-0.39, 0.29) is 18.4 Å². The van der Waals surface area contributed by atoms with Crippen molar-refractivity contribution in [1.29, 1.82) is 0 Å². The number of benzene rings is 1. The topological polar surface area (TPSA) is 83.6 Å². The molecule has 1 aliphatic rings. The summed E-state index contributed by atoms with van der Waals surface area (Å²) in [7, 11) is 3.22. The summed E-state index contributed by atoms with van der Waals surface area (Å²) >= 11 is 1.24. The van der Waals surface area contributed by atoms with E-state index >= 15 is 0 Å². The molecule has 2 N–H and O–H groups in total. The van der Waals surface area contributed by atoms with Crippen LogP contribution in [0.5, 0.6) is 5.75 Å². The van der Waals surface area contributed by atoms with E-state index in [2.05, 4.69) is 15.6 Å². The number of rotatable bonds is 4. The van der Waals surface area contributed by atoms with Gasteiger partial charge in [-0.15, -0.1) is 0 Å². The fraction of sp³-hybridized carbons (Fsp3) is 0.267. The number of carbonyl (C=O) groups is 2. The normalized spacial score (nSPS) is 14.1. The number of anilines is 2. The van der Waals surface area contributed by atoms with Gasteiger partial charge in [0.05, 0.1) is 13.7 Å². The number of thiazole rings is 1. The number of likely N-dealkylation sites (N-methyl/N-ethyl adjacent to an activating group) is 1. The summed E-state index contributed by atoms with van der Waals surface area (Å²) in [6.45, 7) is 0.602. The summed E-state index contributed by atoms with van der Waals surface area (Å²) in [6, 6.07) is 7.66. The second-order valence-electron chi connectivity index (χ2n) is 5.11. The van der Waals surface area contributed by atoms with Crippen molar-refractivity contribution in [3.63, 3.8) is 0 Å². The van der Waals surface area contributed by atoms with Crippen LogP contribution in [-0.4, -0.2) is 42.4 Å². The van der Waals surface area contributed by atoms with Crippen LogP contribution in [-0.2, 0) is 11.3 Å². The largest absolute Gasteiger partial charge is 0.497 e. The van der Waals surface area contributed by atoms with Crippen LogP contribution >= 0.6 is 11.3 Å². The molecule has 120 valence electrons. The summed E-state index contributed by atoms with van der Waals surface area (Å²) in [6.07, 6.45) is 0. The molecule has 0 bridgehead atoms. The number of carbonyl (C=O) groups excluding carboxylic acids is 2. The summed E-state index contributed by atoms with van der Waals surface area (Å²) in [5.41, 5.74) is 1.06. The first-order valence-corrected chi connectivity index (χ1v) is 7.81. The van der Waals surface area contributed by atoms with E-state index in [0.717, 1.165) is 11.3 Å². The van der Waals surface area contributed by atoms with Crippen molar-refractivity contribution < 1.29 is 14.3 Å². The average Bonchev–Trinajstić information content (AvgIpc) is 2.91. The number of hydrogen-bond donors (Lipinski definition) is 2. The Bertz CT molecular complexity index is 742. The third-order valence-corrected chi connectivity index (χ3v) is 4.41. The standard InChI is InChI=1S/C15H16N4O3S/c1-19-8-11(20)17-13-12(14(19)21)23-15(18-13)16-7-9-3-5-10(22-2)6-4-9/h3-6H,7-8H2,1-2H3,(H,16,18)(H,17,20). The zero-order valence-electron chi connectivity index (χ0n) is 12.8. The van der Waals surface area contributed by atoms with Crippen LogP contribution in [0.15, 0.2) is 24.3 Å². The Morgan fingerprint density at radius 3 is 2.78 bits per heavy atom. The second-order valence-corrected chi connectivity index (χ2v) is 6.11. The highest BCUT2D eigenvalue weighted by Crippen LogP contribution is 2.30. The van der Waals surface area contributed by atoms with Crippen LogP contribution in [0.3, 0.4) is 0 Å². The van der Waals surface area contributed by atoms with E-state index in [4.69, 9.17) is 4.74 Å². The lowest BCUT2D eigenvalue weighted by Gasteiger charge is -2.11. The Morgan fingerprint density at radius 1 is 1.35 bits per heavy atom. The number of ether oxygens (including phenoxy) is 1. The van der Waals surface area contributed by atoms with E-state index in [1.165, 1.54) is 16.2 Å². The van der Waals surface area contributed by atoms with Crippen LogP contribution in [0.2, 0.25) is 0 Å². The van der Waals surface area contributed by atoms with Gasteiger partial charge < -0.3 is 20.3 Å². The molecule has 1 aromatic heterocycles. The molecule has 8 heteroatoms. The third-order valence-electron chi connectivity index (χ3n) is 3.41. The van der Waals surface area contributed by atoms with Gasteiger partial charge in [-0.2, -0.15) is 0 Å². The van der Waals surface area contributed by atoms with Gasteiger partial charge in [0, 0.05) is 13.6 Å². The molecule has 0 aliphatic carbocycles. The Hall–Kier alpha value is -2.61. The number of methoxy groups -OCH3 is 1. The highest BCUT2D eigenvalue weighted by molar-refractivity contribution is 7.18. The molecule has 0 atom stereocenters. The smallest absolute Gasteiger partial charge is 0.268 e. The molecule has 0 spiro atoms. The van der Waals surface area contributed by atoms with Gasteiger partial charge in [-0.3, -0.25) is 9.59 Å². The second kappa shape index (κ2) is 6.25. The molecule has 0 radical (unpaired) electrons. The van der Waals surface area contributed by atoms with E-state index in [1.807, 2.05) is 24.3 Å². The van der Waals surface area contributed by atoms with Crippen LogP contribution in [0.4, 0.5) is 10.9 Å². The van der Waals surface area contributed by atoms with Crippen molar-refractivity contribution in [2.75, 3.05) is 31.3 Å². The SMILES string of the molecule is COc1ccc(CNc2nc3c(s2)C(=O)N(C)CC(=O)N3)cc1. The Morgan fingerprint density at radius 2 is 2.09 bits per heavy atom. The maximum absolute atomic E-state index is 12.2. The fourth-order valence-electron chi connectivity index (χ4n) is 2.18. The quantitative estimate of drug-likeness (QED) is 0.892. The maximum atomic E-state index is 12.2. The molecule has 0 fully saturated rings. The van der Waals surface area contributed by atoms with Crippen molar-refractivity contribution in [1.82, 2.24) is 9.88 Å². The van der Waals surface area contributed by atoms with Crippen molar-refractivity contribution >= 4 is 34.1 Å². The van der Waals surface area contributed by atoms with Gasteiger partial charge in [-0.25, -0.2) is 4.98 Å². The lowest BCUT2D eigenvalue weighted by atomic mass is 10.2. The minimum atomic E-state index is -0.244. The molecule has 0 unspecified atom stereocenters. The zero-order valence-corrected chi connectivity index (χ0v) is 13.6. The third kappa shape index (κ3) is 3.26. The molecule has 0 saturated heterocycles. The summed E-state index contributed by atoms with van der Waals surface area (Å²) in [4.78, 5) is 30.0. The van der Waals surface area contributed by atoms with Crippen LogP contribution in [0.25, 0.3) is 0 Å². The molecule has 7 nitrogen and oxygen atoms in total. The number of amides is 2. The Balaban J connectivity index is 1.73. The van der Waals surface area contributed by atoms with Crippen LogP contribution in [0, 0.1) is 0 Å². The fourth-order valence-corrected chi connectivity index (χ4v) is 3.09. The molecule has 3 rings (SSSR count). The number of fused-ring (bicyclic) bond motifs is 1. The highest BCUT2D eigenvalue weighted by atomic mass is 32.1. The molecule has 2 heterocycles. The van der Waals surface area contributed by atoms with Crippen LogP contribution < -0.4 is 15.4 Å². The summed E-state index contributed by atoms with van der Waals surface area (Å²) < 4.78 is 5.12. The predicted molar refractivity (Wildman–Crippen MR) is 88.0 cm³/mol. The van der Waals surface area contributed by atoms with Gasteiger partial charge in [-0.05, 0) is 17.7 Å². The van der Waals surface area contributed by atoms with Gasteiger partial charge in [0.1, 0.15) is 10.6 Å². The van der Waals surface area contributed by atoms with Gasteiger partial charge in [0.25, 0.3) is 5.91 Å². The number of nitrogens with zero attached hydrogens (tertiary/aromatic N) is 2. The molecule has 2 amide bonds. The first-order valence-electron chi connectivity index (χ1n) is 7.00. The van der Waals surface area contributed by atoms with Crippen molar-refractivity contribution in [2.24, 2.45) is 0 Å². The molecule has 1 aliphatic heterocycles. The van der Waals surface area contributed by atoms with E-state index in [9.17, 15) is 9.59 Å². The van der Waals surface area contributed by atoms with Crippen LogP contribution in [0.1, 0.15) is 15.2 Å². The molecular formula is C15H16N4O3S. The van der Waals surface area contributed by atoms with Gasteiger partial charge in [0.2, 0.25) is 5.91 Å². The molecule has 1 aromatic carbocycles. The van der Waals surface area contributed by atoms with E-state index < -0.39 is 0 Å². The number of aromatic nitrogens is 1. The predicted octanol–water partition coefficient (Wildman–Crippen LogP) is 1.79.